The van der Waals surface area contributed by atoms with Crippen LogP contribution in [-0.4, -0.2) is 63.2 Å². The van der Waals surface area contributed by atoms with Crippen LogP contribution in [0.25, 0.3) is 0 Å². The summed E-state index contributed by atoms with van der Waals surface area (Å²) < 4.78 is 11.8. The van der Waals surface area contributed by atoms with Crippen LogP contribution in [0.5, 0.6) is 5.75 Å². The molecule has 0 saturated heterocycles. The molecular weight excluding hydrogens is 566 g/mol. The highest BCUT2D eigenvalue weighted by molar-refractivity contribution is 6.08. The zero-order valence-corrected chi connectivity index (χ0v) is 24.8. The van der Waals surface area contributed by atoms with E-state index in [4.69, 9.17) is 15.2 Å². The second-order valence-electron chi connectivity index (χ2n) is 11.2. The lowest BCUT2D eigenvalue weighted by molar-refractivity contribution is -0.151. The molecule has 2 aliphatic carbocycles. The molecule has 0 atom stereocenters. The van der Waals surface area contributed by atoms with E-state index in [2.05, 4.69) is 10.3 Å². The van der Waals surface area contributed by atoms with Crippen molar-refractivity contribution in [3.8, 4) is 5.75 Å². The number of rotatable bonds is 10. The molecule has 1 heterocycles. The third-order valence-electron chi connectivity index (χ3n) is 7.55. The SMILES string of the molecule is Cc1ccc(C(=O)NC2CC2)cc1N=C(N)c1c(C)c(C(=O)N(C(=O)OCOC(=O)Cc2ccc(O)cc2)C2CC2)cn1C. The van der Waals surface area contributed by atoms with Crippen LogP contribution in [0.3, 0.4) is 0 Å². The van der Waals surface area contributed by atoms with Crippen molar-refractivity contribution in [1.82, 2.24) is 14.8 Å². The fourth-order valence-corrected chi connectivity index (χ4v) is 4.79. The smallest absolute Gasteiger partial charge is 0.419 e. The minimum atomic E-state index is -0.918. The molecule has 2 aromatic carbocycles. The van der Waals surface area contributed by atoms with Gasteiger partial charge in [0.15, 0.2) is 0 Å². The van der Waals surface area contributed by atoms with E-state index >= 15 is 0 Å². The summed E-state index contributed by atoms with van der Waals surface area (Å²) >= 11 is 0. The highest BCUT2D eigenvalue weighted by Gasteiger charge is 2.40. The number of nitrogens with two attached hydrogens (primary N) is 1. The zero-order valence-electron chi connectivity index (χ0n) is 24.8. The zero-order chi connectivity index (χ0) is 31.5. The van der Waals surface area contributed by atoms with Gasteiger partial charge in [0.2, 0.25) is 6.79 Å². The number of phenolic OH excluding ortho intramolecular Hbond substituents is 1. The summed E-state index contributed by atoms with van der Waals surface area (Å²) in [6, 6.07) is 11.2. The van der Waals surface area contributed by atoms with E-state index < -0.39 is 24.8 Å². The fraction of sp³-hybridized carbons (Fsp3) is 0.344. The number of benzene rings is 2. The fourth-order valence-electron chi connectivity index (χ4n) is 4.79. The normalized spacial score (nSPS) is 14.6. The highest BCUT2D eigenvalue weighted by Crippen LogP contribution is 2.31. The quantitative estimate of drug-likeness (QED) is 0.137. The van der Waals surface area contributed by atoms with Crippen LogP contribution >= 0.6 is 0 Å². The van der Waals surface area contributed by atoms with E-state index in [1.54, 1.807) is 49.0 Å². The number of ether oxygens (including phenoxy) is 2. The Kier molecular flexibility index (Phi) is 8.70. The number of hydrogen-bond donors (Lipinski definition) is 3. The average molecular weight is 602 g/mol. The lowest BCUT2D eigenvalue weighted by Gasteiger charge is -2.20. The second kappa shape index (κ2) is 12.6. The van der Waals surface area contributed by atoms with Gasteiger partial charge in [0.05, 0.1) is 23.4 Å². The standard InChI is InChI=1S/C32H35N5O7/c1-18-4-7-21(30(40)34-22-8-9-22)15-26(18)35-29(33)28-19(2)25(16-36(28)3)31(41)37(23-10-11-23)32(42)44-17-43-27(39)14-20-5-12-24(38)13-6-20/h4-7,12-13,15-16,22-23,38H,8-11,14,17H2,1-3H3,(H2,33,35)(H,34,40). The Morgan fingerprint density at radius 1 is 1.05 bits per heavy atom. The van der Waals surface area contributed by atoms with E-state index in [9.17, 15) is 24.3 Å². The summed E-state index contributed by atoms with van der Waals surface area (Å²) in [5.41, 5.74) is 10.2. The van der Waals surface area contributed by atoms with Gasteiger partial charge in [-0.1, -0.05) is 18.2 Å². The van der Waals surface area contributed by atoms with Gasteiger partial charge in [-0.3, -0.25) is 14.4 Å². The van der Waals surface area contributed by atoms with Crippen molar-refractivity contribution in [3.05, 3.63) is 82.2 Å². The van der Waals surface area contributed by atoms with Gasteiger partial charge in [0.1, 0.15) is 11.6 Å². The molecule has 2 aliphatic rings. The molecule has 230 valence electrons. The van der Waals surface area contributed by atoms with Gasteiger partial charge >= 0.3 is 12.1 Å². The Morgan fingerprint density at radius 2 is 1.75 bits per heavy atom. The van der Waals surface area contributed by atoms with E-state index in [0.29, 0.717) is 40.9 Å². The number of aryl methyl sites for hydroxylation is 2. The summed E-state index contributed by atoms with van der Waals surface area (Å²) in [6.07, 6.45) is 3.82. The minimum absolute atomic E-state index is 0.0739. The van der Waals surface area contributed by atoms with Crippen LogP contribution in [0.1, 0.15) is 68.8 Å². The van der Waals surface area contributed by atoms with Gasteiger partial charge in [-0.25, -0.2) is 14.7 Å². The summed E-state index contributed by atoms with van der Waals surface area (Å²) in [4.78, 5) is 56.9. The van der Waals surface area contributed by atoms with Gasteiger partial charge in [-0.2, -0.15) is 0 Å². The number of carbonyl (C=O) groups excluding carboxylic acids is 4. The predicted octanol–water partition coefficient (Wildman–Crippen LogP) is 3.76. The van der Waals surface area contributed by atoms with Crippen molar-refractivity contribution < 1.29 is 33.8 Å². The van der Waals surface area contributed by atoms with E-state index in [0.717, 1.165) is 23.3 Å². The van der Waals surface area contributed by atoms with E-state index in [1.807, 2.05) is 13.0 Å². The van der Waals surface area contributed by atoms with Crippen molar-refractivity contribution in [3.63, 3.8) is 0 Å². The van der Waals surface area contributed by atoms with Gasteiger partial charge in [0.25, 0.3) is 11.8 Å². The number of nitrogens with zero attached hydrogens (tertiary/aromatic N) is 3. The maximum Gasteiger partial charge on any atom is 0.419 e. The number of aromatic nitrogens is 1. The van der Waals surface area contributed by atoms with Crippen LogP contribution < -0.4 is 11.1 Å². The number of hydrogen-bond acceptors (Lipinski definition) is 8. The highest BCUT2D eigenvalue weighted by atomic mass is 16.7. The first-order chi connectivity index (χ1) is 21.0. The third kappa shape index (κ3) is 7.08. The summed E-state index contributed by atoms with van der Waals surface area (Å²) in [5, 5.41) is 12.3. The summed E-state index contributed by atoms with van der Waals surface area (Å²) in [7, 11) is 1.72. The Morgan fingerprint density at radius 3 is 2.41 bits per heavy atom. The molecule has 2 fully saturated rings. The van der Waals surface area contributed by atoms with Gasteiger partial charge in [-0.05, 0) is 80.5 Å². The number of aliphatic imine (C=N–C) groups is 1. The number of amidine groups is 1. The molecule has 12 nitrogen and oxygen atoms in total. The Hall–Kier alpha value is -5.13. The van der Waals surface area contributed by atoms with Crippen LogP contribution in [0, 0.1) is 13.8 Å². The maximum absolute atomic E-state index is 13.6. The Balaban J connectivity index is 1.27. The monoisotopic (exact) mass is 601 g/mol. The van der Waals surface area contributed by atoms with Crippen LogP contribution in [0.2, 0.25) is 0 Å². The topological polar surface area (TPSA) is 166 Å². The molecule has 5 rings (SSSR count). The summed E-state index contributed by atoms with van der Waals surface area (Å²) in [6.45, 7) is 2.94. The van der Waals surface area contributed by atoms with E-state index in [1.165, 1.54) is 12.1 Å². The number of phenols is 1. The first kappa shape index (κ1) is 30.3. The molecule has 3 aromatic rings. The molecule has 0 radical (unpaired) electrons. The van der Waals surface area contributed by atoms with Crippen molar-refractivity contribution >= 4 is 35.4 Å². The number of amides is 3. The van der Waals surface area contributed by atoms with Crippen molar-refractivity contribution in [2.45, 2.75) is 58.0 Å². The third-order valence-corrected chi connectivity index (χ3v) is 7.55. The Bertz CT molecular complexity index is 1640. The van der Waals surface area contributed by atoms with Crippen molar-refractivity contribution in [2.75, 3.05) is 6.79 Å². The van der Waals surface area contributed by atoms with Crippen molar-refractivity contribution in [1.29, 1.82) is 0 Å². The lowest BCUT2D eigenvalue weighted by atomic mass is 10.1. The number of nitrogens with one attached hydrogen (secondary N) is 1. The predicted molar refractivity (Wildman–Crippen MR) is 161 cm³/mol. The van der Waals surface area contributed by atoms with E-state index in [-0.39, 0.29) is 41.6 Å². The van der Waals surface area contributed by atoms with Crippen LogP contribution in [0.4, 0.5) is 10.5 Å². The molecule has 44 heavy (non-hydrogen) atoms. The molecule has 4 N–H and O–H groups in total. The molecule has 1 aromatic heterocycles. The first-order valence-corrected chi connectivity index (χ1v) is 14.4. The van der Waals surface area contributed by atoms with Crippen LogP contribution in [0.15, 0.2) is 53.7 Å². The molecule has 2 saturated carbocycles. The average Bonchev–Trinajstić information content (AvgIpc) is 3.91. The Labute approximate surface area is 254 Å². The number of imide groups is 1. The molecule has 0 aliphatic heterocycles. The molecule has 0 spiro atoms. The minimum Gasteiger partial charge on any atom is -0.508 e. The molecular formula is C32H35N5O7. The molecule has 12 heteroatoms. The lowest BCUT2D eigenvalue weighted by Crippen LogP contribution is -2.39. The second-order valence-corrected chi connectivity index (χ2v) is 11.2. The van der Waals surface area contributed by atoms with Gasteiger partial charge in [-0.15, -0.1) is 0 Å². The number of esters is 1. The maximum atomic E-state index is 13.6. The largest absolute Gasteiger partial charge is 0.508 e. The number of carbonyl (C=O) groups is 4. The van der Waals surface area contributed by atoms with Crippen LogP contribution in [-0.2, 0) is 27.7 Å². The molecule has 0 bridgehead atoms. The van der Waals surface area contributed by atoms with Crippen molar-refractivity contribution in [2.24, 2.45) is 17.8 Å². The van der Waals surface area contributed by atoms with Gasteiger partial charge < -0.3 is 30.2 Å². The summed E-state index contributed by atoms with van der Waals surface area (Å²) in [5.74, 6) is -1.13. The molecule has 3 amide bonds. The number of aromatic hydroxyl groups is 1. The molecule has 0 unspecified atom stereocenters. The first-order valence-electron chi connectivity index (χ1n) is 14.4. The van der Waals surface area contributed by atoms with Gasteiger partial charge in [0, 0.05) is 30.9 Å².